The van der Waals surface area contributed by atoms with Crippen LogP contribution in [-0.2, 0) is 25.6 Å². The van der Waals surface area contributed by atoms with Gasteiger partial charge in [-0.2, -0.15) is 11.8 Å². The molecule has 0 radical (unpaired) electrons. The third-order valence-corrected chi connectivity index (χ3v) is 4.90. The second-order valence-electron chi connectivity index (χ2n) is 6.62. The normalized spacial score (nSPS) is 13.5. The summed E-state index contributed by atoms with van der Waals surface area (Å²) >= 11 is 1.43. The average molecular weight is 457 g/mol. The van der Waals surface area contributed by atoms with Gasteiger partial charge >= 0.3 is 5.97 Å². The van der Waals surface area contributed by atoms with Crippen LogP contribution in [0.4, 0.5) is 0 Å². The molecule has 0 spiro atoms. The van der Waals surface area contributed by atoms with Gasteiger partial charge in [-0.25, -0.2) is 4.79 Å². The van der Waals surface area contributed by atoms with E-state index in [9.17, 15) is 24.3 Å². The lowest BCUT2D eigenvalue weighted by Crippen LogP contribution is -2.57. The second kappa shape index (κ2) is 13.5. The van der Waals surface area contributed by atoms with E-state index < -0.39 is 48.4 Å². The van der Waals surface area contributed by atoms with Gasteiger partial charge in [-0.1, -0.05) is 12.1 Å². The summed E-state index contributed by atoms with van der Waals surface area (Å²) in [5.41, 5.74) is 5.97. The number of benzene rings is 1. The number of carboxylic acids is 1. The van der Waals surface area contributed by atoms with Gasteiger partial charge in [0.05, 0.1) is 13.2 Å². The van der Waals surface area contributed by atoms with Gasteiger partial charge in [0.15, 0.2) is 0 Å². The number of phenolic OH excluding ortho intramolecular Hbond substituents is 1. The Bertz CT molecular complexity index is 760. The largest absolute Gasteiger partial charge is 0.508 e. The molecule has 0 aliphatic rings. The van der Waals surface area contributed by atoms with Crippen molar-refractivity contribution in [2.75, 3.05) is 25.2 Å². The number of carbonyl (C=O) groups is 4. The predicted molar refractivity (Wildman–Crippen MR) is 114 cm³/mol. The summed E-state index contributed by atoms with van der Waals surface area (Å²) in [6.07, 6.45) is 2.08. The lowest BCUT2D eigenvalue weighted by molar-refractivity contribution is -0.143. The summed E-state index contributed by atoms with van der Waals surface area (Å²) in [5, 5.41) is 34.7. The molecule has 31 heavy (non-hydrogen) atoms. The highest BCUT2D eigenvalue weighted by Crippen LogP contribution is 2.12. The van der Waals surface area contributed by atoms with Crippen LogP contribution >= 0.6 is 11.8 Å². The topological polar surface area (TPSA) is 191 Å². The fourth-order valence-electron chi connectivity index (χ4n) is 2.56. The fraction of sp³-hybridized carbons (Fsp3) is 0.474. The van der Waals surface area contributed by atoms with Crippen molar-refractivity contribution in [1.29, 1.82) is 0 Å². The predicted octanol–water partition coefficient (Wildman–Crippen LogP) is -1.82. The fourth-order valence-corrected chi connectivity index (χ4v) is 3.04. The van der Waals surface area contributed by atoms with E-state index in [-0.39, 0.29) is 25.1 Å². The van der Waals surface area contributed by atoms with Crippen molar-refractivity contribution >= 4 is 35.5 Å². The minimum absolute atomic E-state index is 0.0430. The number of aliphatic hydroxyl groups is 1. The molecule has 0 fully saturated rings. The molecule has 1 aromatic carbocycles. The molecule has 3 atom stereocenters. The number of aliphatic carboxylic acids is 1. The van der Waals surface area contributed by atoms with E-state index in [1.54, 1.807) is 18.4 Å². The molecule has 0 saturated carbocycles. The van der Waals surface area contributed by atoms with Crippen LogP contribution in [0.2, 0.25) is 0 Å². The molecular formula is C19H28N4O7S. The van der Waals surface area contributed by atoms with Crippen molar-refractivity contribution in [3.63, 3.8) is 0 Å². The number of hydrogen-bond acceptors (Lipinski definition) is 8. The SMILES string of the molecule is CSCCC(NC(=O)C(Cc1ccc(O)cc1)NC(=O)CN)C(=O)NC(CO)C(=O)O. The molecule has 11 nitrogen and oxygen atoms in total. The maximum Gasteiger partial charge on any atom is 0.328 e. The van der Waals surface area contributed by atoms with E-state index in [1.807, 2.05) is 0 Å². The number of nitrogens with one attached hydrogen (secondary N) is 3. The number of carboxylic acid groups (broad SMARTS) is 1. The van der Waals surface area contributed by atoms with Crippen molar-refractivity contribution in [3.8, 4) is 5.75 Å². The lowest BCUT2D eigenvalue weighted by Gasteiger charge is -2.24. The van der Waals surface area contributed by atoms with E-state index >= 15 is 0 Å². The number of nitrogens with two attached hydrogens (primary N) is 1. The number of thioether (sulfide) groups is 1. The number of rotatable bonds is 13. The summed E-state index contributed by atoms with van der Waals surface area (Å²) in [5.74, 6) is -2.88. The molecule has 0 aliphatic heterocycles. The van der Waals surface area contributed by atoms with Gasteiger partial charge < -0.3 is 37.0 Å². The standard InChI is InChI=1S/C19H28N4O7S/c1-31-7-6-13(17(27)23-15(10-24)19(29)30)22-18(28)14(21-16(26)9-20)8-11-2-4-12(25)5-3-11/h2-5,13-15,24-25H,6-10,20H2,1H3,(H,21,26)(H,22,28)(H,23,27)(H,29,30). The van der Waals surface area contributed by atoms with E-state index in [0.29, 0.717) is 11.3 Å². The molecule has 0 aromatic heterocycles. The molecule has 12 heteroatoms. The Hall–Kier alpha value is -2.83. The van der Waals surface area contributed by atoms with Crippen molar-refractivity contribution in [2.24, 2.45) is 5.73 Å². The molecule has 0 saturated heterocycles. The number of carbonyl (C=O) groups excluding carboxylic acids is 3. The highest BCUT2D eigenvalue weighted by atomic mass is 32.2. The quantitative estimate of drug-likeness (QED) is 0.179. The monoisotopic (exact) mass is 456 g/mol. The second-order valence-corrected chi connectivity index (χ2v) is 7.61. The molecule has 0 aliphatic carbocycles. The number of hydrogen-bond donors (Lipinski definition) is 7. The van der Waals surface area contributed by atoms with Crippen molar-refractivity contribution in [1.82, 2.24) is 16.0 Å². The highest BCUT2D eigenvalue weighted by molar-refractivity contribution is 7.98. The van der Waals surface area contributed by atoms with Gasteiger partial charge in [0, 0.05) is 6.42 Å². The van der Waals surface area contributed by atoms with Crippen molar-refractivity contribution in [2.45, 2.75) is 31.0 Å². The van der Waals surface area contributed by atoms with E-state index in [0.717, 1.165) is 0 Å². The van der Waals surface area contributed by atoms with Gasteiger partial charge in [0.25, 0.3) is 0 Å². The number of amides is 3. The first-order valence-electron chi connectivity index (χ1n) is 9.42. The smallest absolute Gasteiger partial charge is 0.328 e. The zero-order chi connectivity index (χ0) is 23.4. The van der Waals surface area contributed by atoms with Crippen molar-refractivity contribution < 1.29 is 34.5 Å². The van der Waals surface area contributed by atoms with E-state index in [4.69, 9.17) is 15.9 Å². The maximum absolute atomic E-state index is 12.9. The van der Waals surface area contributed by atoms with E-state index in [2.05, 4.69) is 16.0 Å². The number of aromatic hydroxyl groups is 1. The average Bonchev–Trinajstić information content (AvgIpc) is 2.75. The van der Waals surface area contributed by atoms with Crippen LogP contribution in [0.5, 0.6) is 5.75 Å². The molecule has 3 amide bonds. The van der Waals surface area contributed by atoms with Gasteiger partial charge in [0.2, 0.25) is 17.7 Å². The Balaban J connectivity index is 2.98. The molecule has 1 aromatic rings. The summed E-state index contributed by atoms with van der Waals surface area (Å²) in [6.45, 7) is -1.15. The number of phenols is 1. The zero-order valence-electron chi connectivity index (χ0n) is 17.0. The third-order valence-electron chi connectivity index (χ3n) is 4.25. The van der Waals surface area contributed by atoms with Gasteiger partial charge in [-0.05, 0) is 36.1 Å². The van der Waals surface area contributed by atoms with Gasteiger partial charge in [-0.15, -0.1) is 0 Å². The van der Waals surface area contributed by atoms with E-state index in [1.165, 1.54) is 23.9 Å². The molecule has 172 valence electrons. The van der Waals surface area contributed by atoms with Crippen LogP contribution in [0.1, 0.15) is 12.0 Å². The van der Waals surface area contributed by atoms with Crippen LogP contribution in [0.3, 0.4) is 0 Å². The number of aliphatic hydroxyl groups excluding tert-OH is 1. The van der Waals surface area contributed by atoms with Crippen molar-refractivity contribution in [3.05, 3.63) is 29.8 Å². The van der Waals surface area contributed by atoms with Crippen LogP contribution in [0, 0.1) is 0 Å². The minimum Gasteiger partial charge on any atom is -0.508 e. The lowest BCUT2D eigenvalue weighted by atomic mass is 10.0. The maximum atomic E-state index is 12.9. The first-order valence-corrected chi connectivity index (χ1v) is 10.8. The Labute approximate surface area is 183 Å². The highest BCUT2D eigenvalue weighted by Gasteiger charge is 2.29. The molecule has 0 bridgehead atoms. The summed E-state index contributed by atoms with van der Waals surface area (Å²) < 4.78 is 0. The molecule has 1 rings (SSSR count). The van der Waals surface area contributed by atoms with Gasteiger partial charge in [0.1, 0.15) is 23.9 Å². The molecule has 3 unspecified atom stereocenters. The summed E-state index contributed by atoms with van der Waals surface area (Å²) in [4.78, 5) is 48.2. The summed E-state index contributed by atoms with van der Waals surface area (Å²) in [7, 11) is 0. The Morgan fingerprint density at radius 1 is 1.00 bits per heavy atom. The molecular weight excluding hydrogens is 428 g/mol. The third kappa shape index (κ3) is 9.24. The first-order chi connectivity index (χ1) is 14.7. The van der Waals surface area contributed by atoms with Crippen LogP contribution in [0.15, 0.2) is 24.3 Å². The Morgan fingerprint density at radius 3 is 2.10 bits per heavy atom. The zero-order valence-corrected chi connectivity index (χ0v) is 17.9. The molecule has 0 heterocycles. The van der Waals surface area contributed by atoms with Crippen LogP contribution < -0.4 is 21.7 Å². The minimum atomic E-state index is -1.51. The summed E-state index contributed by atoms with van der Waals surface area (Å²) in [6, 6.07) is 2.39. The first kappa shape index (κ1) is 26.2. The Morgan fingerprint density at radius 2 is 1.58 bits per heavy atom. The molecule has 8 N–H and O–H groups in total. The van der Waals surface area contributed by atoms with Crippen LogP contribution in [-0.4, -0.2) is 82.3 Å². The van der Waals surface area contributed by atoms with Crippen LogP contribution in [0.25, 0.3) is 0 Å². The van der Waals surface area contributed by atoms with Gasteiger partial charge in [-0.3, -0.25) is 14.4 Å². The Kier molecular flexibility index (Phi) is 11.4.